The Morgan fingerprint density at radius 3 is 2.51 bits per heavy atom. The average molecular weight is 663 g/mol. The summed E-state index contributed by atoms with van der Waals surface area (Å²) in [6, 6.07) is 3.48. The maximum Gasteiger partial charge on any atom is 0.319 e. The number of nitrogens with zero attached hydrogens (tertiary/aromatic N) is 6. The number of likely N-dealkylation sites (tertiary alicyclic amines) is 1. The topological polar surface area (TPSA) is 125 Å². The zero-order chi connectivity index (χ0) is 32.0. The zero-order valence-corrected chi connectivity index (χ0v) is 26.4. The molecule has 4 unspecified atom stereocenters. The van der Waals surface area contributed by atoms with Crippen LogP contribution in [0.25, 0.3) is 32.2 Å². The number of thiophene rings is 1. The van der Waals surface area contributed by atoms with Crippen molar-refractivity contribution in [3.63, 3.8) is 0 Å². The van der Waals surface area contributed by atoms with Crippen molar-refractivity contribution in [1.82, 2.24) is 25.2 Å². The lowest BCUT2D eigenvalue weighted by Crippen LogP contribution is -2.51. The van der Waals surface area contributed by atoms with Crippen molar-refractivity contribution < 1.29 is 22.6 Å². The van der Waals surface area contributed by atoms with Crippen LogP contribution in [0.5, 0.6) is 6.01 Å². The molecule has 9 rings (SSSR count). The molecule has 47 heavy (non-hydrogen) atoms. The average Bonchev–Trinajstić information content (AvgIpc) is 3.44. The predicted octanol–water partition coefficient (Wildman–Crippen LogP) is 4.74. The van der Waals surface area contributed by atoms with E-state index in [1.54, 1.807) is 0 Å². The first-order valence-corrected chi connectivity index (χ1v) is 17.1. The van der Waals surface area contributed by atoms with Gasteiger partial charge in [-0.2, -0.15) is 15.2 Å². The molecule has 4 bridgehead atoms. The number of fused-ring (bicyclic) bond motifs is 6. The predicted molar refractivity (Wildman–Crippen MR) is 171 cm³/mol. The second-order valence-electron chi connectivity index (χ2n) is 13.9. The van der Waals surface area contributed by atoms with Gasteiger partial charge in [-0.25, -0.2) is 13.2 Å². The Hall–Kier alpha value is -3.77. The van der Waals surface area contributed by atoms with E-state index in [2.05, 4.69) is 25.1 Å². The van der Waals surface area contributed by atoms with Gasteiger partial charge in [0.25, 0.3) is 0 Å². The summed E-state index contributed by atoms with van der Waals surface area (Å²) in [6.45, 7) is 4.56. The number of hydrogen-bond donors (Lipinski definition) is 2. The Kier molecular flexibility index (Phi) is 6.80. The molecule has 14 heteroatoms. The van der Waals surface area contributed by atoms with E-state index >= 15 is 4.39 Å². The van der Waals surface area contributed by atoms with E-state index in [9.17, 15) is 14.0 Å². The summed E-state index contributed by atoms with van der Waals surface area (Å²) in [5, 5.41) is 13.8. The number of nitrogens with one attached hydrogen (secondary N) is 1. The molecule has 1 aliphatic carbocycles. The molecule has 244 valence electrons. The number of rotatable bonds is 7. The smallest absolute Gasteiger partial charge is 0.319 e. The summed E-state index contributed by atoms with van der Waals surface area (Å²) in [6.07, 6.45) is 8.47. The molecule has 1 saturated carbocycles. The standard InChI is InChI=1S/C33H33F3N8O2S/c34-23-7-20(24-21(8-37)30(38)47-29(24)25(23)35)27-26(36)28-22(9-39-27)31(44-10-16-1-2-17(11-44)40-16)42-32(41-28)45-15-33(5-6-33)14-43-12-18-3-4-19(13-43)46-18/h7,9,16-19,40H,1-6,10-15,38H2. The number of benzene rings is 1. The van der Waals surface area contributed by atoms with Gasteiger partial charge in [0.1, 0.15) is 28.1 Å². The van der Waals surface area contributed by atoms with Crippen molar-refractivity contribution in [1.29, 1.82) is 5.26 Å². The molecular weight excluding hydrogens is 629 g/mol. The normalized spacial score (nSPS) is 26.3. The summed E-state index contributed by atoms with van der Waals surface area (Å²) in [5.74, 6) is -2.63. The number of nitrogen functional groups attached to an aromatic ring is 1. The summed E-state index contributed by atoms with van der Waals surface area (Å²) >= 11 is 0.744. The number of nitriles is 1. The third-order valence-electron chi connectivity index (χ3n) is 10.6. The van der Waals surface area contributed by atoms with Gasteiger partial charge in [-0.1, -0.05) is 0 Å². The van der Waals surface area contributed by atoms with Crippen LogP contribution in [0.2, 0.25) is 0 Å². The molecular formula is C33H33F3N8O2S. The monoisotopic (exact) mass is 662 g/mol. The lowest BCUT2D eigenvalue weighted by atomic mass is 10.0. The van der Waals surface area contributed by atoms with E-state index in [0.29, 0.717) is 55.2 Å². The van der Waals surface area contributed by atoms with Crippen molar-refractivity contribution >= 4 is 43.1 Å². The Labute approximate surface area is 272 Å². The van der Waals surface area contributed by atoms with Crippen LogP contribution in [0.15, 0.2) is 12.3 Å². The number of morpholine rings is 1. The highest BCUT2D eigenvalue weighted by Crippen LogP contribution is 2.48. The van der Waals surface area contributed by atoms with E-state index in [1.165, 1.54) is 6.20 Å². The molecule has 4 saturated heterocycles. The first-order chi connectivity index (χ1) is 22.8. The van der Waals surface area contributed by atoms with Gasteiger partial charge in [-0.15, -0.1) is 11.3 Å². The molecule has 0 radical (unpaired) electrons. The Bertz CT molecular complexity index is 1960. The highest BCUT2D eigenvalue weighted by molar-refractivity contribution is 7.23. The molecule has 10 nitrogen and oxygen atoms in total. The van der Waals surface area contributed by atoms with Gasteiger partial charge in [0, 0.05) is 67.4 Å². The largest absolute Gasteiger partial charge is 0.463 e. The fourth-order valence-electron chi connectivity index (χ4n) is 8.06. The second kappa shape index (κ2) is 10.9. The Morgan fingerprint density at radius 1 is 1.06 bits per heavy atom. The number of piperazine rings is 1. The van der Waals surface area contributed by atoms with Crippen LogP contribution in [0.3, 0.4) is 0 Å². The molecule has 3 N–H and O–H groups in total. The molecule has 5 fully saturated rings. The van der Waals surface area contributed by atoms with Gasteiger partial charge in [0.15, 0.2) is 17.5 Å². The number of nitrogens with two attached hydrogens (primary N) is 1. The Balaban J connectivity index is 1.11. The summed E-state index contributed by atoms with van der Waals surface area (Å²) in [7, 11) is 0. The number of halogens is 3. The molecule has 1 aromatic carbocycles. The van der Waals surface area contributed by atoms with Crippen LogP contribution in [0.1, 0.15) is 44.1 Å². The SMILES string of the molecule is N#Cc1c(N)sc2c(F)c(F)cc(-c3ncc4c(N5CC6CCC(C5)N6)nc(OCC5(CN6CC7CCC(C6)O7)CC5)nc4c3F)c12. The zero-order valence-electron chi connectivity index (χ0n) is 25.6. The maximum atomic E-state index is 16.7. The minimum atomic E-state index is -1.19. The van der Waals surface area contributed by atoms with Gasteiger partial charge >= 0.3 is 6.01 Å². The van der Waals surface area contributed by atoms with Crippen LogP contribution < -0.4 is 20.7 Å². The molecule has 3 aromatic heterocycles. The quantitative estimate of drug-likeness (QED) is 0.287. The van der Waals surface area contributed by atoms with Crippen LogP contribution >= 0.6 is 11.3 Å². The molecule has 4 aromatic rings. The van der Waals surface area contributed by atoms with E-state index in [-0.39, 0.29) is 48.9 Å². The lowest BCUT2D eigenvalue weighted by molar-refractivity contribution is -0.0460. The van der Waals surface area contributed by atoms with Crippen molar-refractivity contribution in [2.75, 3.05) is 50.0 Å². The molecule has 0 spiro atoms. The number of aromatic nitrogens is 3. The highest BCUT2D eigenvalue weighted by Gasteiger charge is 2.47. The van der Waals surface area contributed by atoms with Crippen LogP contribution in [-0.4, -0.2) is 83.5 Å². The Morgan fingerprint density at radius 2 is 1.81 bits per heavy atom. The molecule has 0 amide bonds. The molecule has 7 heterocycles. The van der Waals surface area contributed by atoms with Crippen LogP contribution in [0.4, 0.5) is 24.0 Å². The first kappa shape index (κ1) is 29.4. The van der Waals surface area contributed by atoms with Gasteiger partial charge < -0.3 is 25.4 Å². The van der Waals surface area contributed by atoms with Crippen LogP contribution in [-0.2, 0) is 4.74 Å². The van der Waals surface area contributed by atoms with E-state index < -0.39 is 17.5 Å². The minimum Gasteiger partial charge on any atom is -0.463 e. The van der Waals surface area contributed by atoms with Crippen molar-refractivity contribution in [2.45, 2.75) is 62.8 Å². The van der Waals surface area contributed by atoms with Crippen LogP contribution in [0, 0.1) is 34.2 Å². The lowest BCUT2D eigenvalue weighted by Gasteiger charge is -2.35. The number of hydrogen-bond acceptors (Lipinski definition) is 11. The summed E-state index contributed by atoms with van der Waals surface area (Å²) in [5.41, 5.74) is 5.57. The summed E-state index contributed by atoms with van der Waals surface area (Å²) in [4.78, 5) is 18.4. The van der Waals surface area contributed by atoms with Gasteiger partial charge in [0.05, 0.1) is 34.5 Å². The van der Waals surface area contributed by atoms with Crippen molar-refractivity contribution in [2.24, 2.45) is 5.41 Å². The van der Waals surface area contributed by atoms with Gasteiger partial charge in [-0.05, 0) is 44.6 Å². The fourth-order valence-corrected chi connectivity index (χ4v) is 9.03. The van der Waals surface area contributed by atoms with Gasteiger partial charge in [-0.3, -0.25) is 9.88 Å². The van der Waals surface area contributed by atoms with E-state index in [1.807, 2.05) is 6.07 Å². The third kappa shape index (κ3) is 4.97. The van der Waals surface area contributed by atoms with E-state index in [0.717, 1.165) is 75.6 Å². The molecule has 5 aliphatic rings. The van der Waals surface area contributed by atoms with Crippen molar-refractivity contribution in [3.8, 4) is 23.3 Å². The number of pyridine rings is 1. The van der Waals surface area contributed by atoms with Gasteiger partial charge in [0.2, 0.25) is 0 Å². The summed E-state index contributed by atoms with van der Waals surface area (Å²) < 4.78 is 58.6. The third-order valence-corrected chi connectivity index (χ3v) is 11.6. The molecule has 4 atom stereocenters. The van der Waals surface area contributed by atoms with E-state index in [4.69, 9.17) is 20.2 Å². The second-order valence-corrected chi connectivity index (χ2v) is 14.9. The maximum absolute atomic E-state index is 16.7. The molecule has 4 aliphatic heterocycles. The highest BCUT2D eigenvalue weighted by atomic mass is 32.1. The fraction of sp³-hybridized carbons (Fsp3) is 0.515. The number of anilines is 2. The first-order valence-electron chi connectivity index (χ1n) is 16.3. The number of ether oxygens (including phenoxy) is 2. The minimum absolute atomic E-state index is 0.0156. The van der Waals surface area contributed by atoms with Crippen molar-refractivity contribution in [3.05, 3.63) is 35.3 Å².